The molecule has 25 heavy (non-hydrogen) atoms. The van der Waals surface area contributed by atoms with Crippen LogP contribution in [0.1, 0.15) is 21.5 Å². The van der Waals surface area contributed by atoms with Gasteiger partial charge in [0.1, 0.15) is 0 Å². The summed E-state index contributed by atoms with van der Waals surface area (Å²) in [6.07, 6.45) is 0. The Labute approximate surface area is 147 Å². The number of aryl methyl sites for hydroxylation is 1. The summed E-state index contributed by atoms with van der Waals surface area (Å²) < 4.78 is 10.3. The molecule has 0 aromatic heterocycles. The van der Waals surface area contributed by atoms with Crippen molar-refractivity contribution in [3.63, 3.8) is 0 Å². The summed E-state index contributed by atoms with van der Waals surface area (Å²) in [6.45, 7) is 2.32. The molecular formula is C19H22N2O4. The maximum Gasteiger partial charge on any atom is 0.251 e. The van der Waals surface area contributed by atoms with Crippen molar-refractivity contribution in [3.8, 4) is 11.5 Å². The highest BCUT2D eigenvalue weighted by Crippen LogP contribution is 2.27. The highest BCUT2D eigenvalue weighted by atomic mass is 16.5. The van der Waals surface area contributed by atoms with Gasteiger partial charge < -0.3 is 20.1 Å². The van der Waals surface area contributed by atoms with Crippen molar-refractivity contribution in [2.45, 2.75) is 13.5 Å². The first kappa shape index (κ1) is 18.3. The Bertz CT molecular complexity index is 759. The second kappa shape index (κ2) is 8.73. The van der Waals surface area contributed by atoms with Crippen LogP contribution in [0.2, 0.25) is 0 Å². The smallest absolute Gasteiger partial charge is 0.251 e. The fourth-order valence-electron chi connectivity index (χ4n) is 2.30. The fourth-order valence-corrected chi connectivity index (χ4v) is 2.30. The minimum absolute atomic E-state index is 0.0982. The van der Waals surface area contributed by atoms with Gasteiger partial charge in [0.2, 0.25) is 5.91 Å². The lowest BCUT2D eigenvalue weighted by molar-refractivity contribution is -0.120. The SMILES string of the molecule is COc1ccc(C(=O)NCC(=O)NCc2ccccc2C)cc1OC. The zero-order chi connectivity index (χ0) is 18.2. The molecule has 2 aromatic rings. The Morgan fingerprint density at radius 1 is 0.960 bits per heavy atom. The summed E-state index contributed by atoms with van der Waals surface area (Å²) in [4.78, 5) is 24.1. The van der Waals surface area contributed by atoms with Crippen LogP contribution in [0.15, 0.2) is 42.5 Å². The summed E-state index contributed by atoms with van der Waals surface area (Å²) in [6, 6.07) is 12.6. The number of methoxy groups -OCH3 is 2. The predicted molar refractivity (Wildman–Crippen MR) is 94.9 cm³/mol. The van der Waals surface area contributed by atoms with Crippen molar-refractivity contribution in [2.75, 3.05) is 20.8 Å². The zero-order valence-corrected chi connectivity index (χ0v) is 14.6. The van der Waals surface area contributed by atoms with Gasteiger partial charge in [0.25, 0.3) is 5.91 Å². The van der Waals surface area contributed by atoms with E-state index in [0.29, 0.717) is 23.6 Å². The lowest BCUT2D eigenvalue weighted by Gasteiger charge is -2.11. The Morgan fingerprint density at radius 3 is 2.36 bits per heavy atom. The molecule has 2 aromatic carbocycles. The van der Waals surface area contributed by atoms with Crippen LogP contribution in [0.3, 0.4) is 0 Å². The average molecular weight is 342 g/mol. The molecule has 0 unspecified atom stereocenters. The van der Waals surface area contributed by atoms with E-state index in [1.807, 2.05) is 31.2 Å². The molecule has 2 N–H and O–H groups in total. The van der Waals surface area contributed by atoms with E-state index in [2.05, 4.69) is 10.6 Å². The topological polar surface area (TPSA) is 76.7 Å². The van der Waals surface area contributed by atoms with Crippen LogP contribution in [0.5, 0.6) is 11.5 Å². The zero-order valence-electron chi connectivity index (χ0n) is 14.6. The van der Waals surface area contributed by atoms with E-state index < -0.39 is 0 Å². The van der Waals surface area contributed by atoms with E-state index in [-0.39, 0.29) is 18.4 Å². The van der Waals surface area contributed by atoms with Crippen molar-refractivity contribution >= 4 is 11.8 Å². The number of carbonyl (C=O) groups is 2. The second-order valence-corrected chi connectivity index (χ2v) is 5.46. The van der Waals surface area contributed by atoms with Gasteiger partial charge in [0, 0.05) is 12.1 Å². The molecule has 0 radical (unpaired) electrons. The predicted octanol–water partition coefficient (Wildman–Crippen LogP) is 2.06. The van der Waals surface area contributed by atoms with Crippen LogP contribution >= 0.6 is 0 Å². The Morgan fingerprint density at radius 2 is 1.68 bits per heavy atom. The average Bonchev–Trinajstić information content (AvgIpc) is 2.64. The molecule has 0 fully saturated rings. The van der Waals surface area contributed by atoms with Crippen LogP contribution in [0.25, 0.3) is 0 Å². The van der Waals surface area contributed by atoms with Gasteiger partial charge in [0.15, 0.2) is 11.5 Å². The molecule has 0 saturated heterocycles. The van der Waals surface area contributed by atoms with Gasteiger partial charge in [-0.2, -0.15) is 0 Å². The Kier molecular flexibility index (Phi) is 6.39. The molecule has 6 nitrogen and oxygen atoms in total. The molecule has 132 valence electrons. The molecule has 0 heterocycles. The number of nitrogens with one attached hydrogen (secondary N) is 2. The largest absolute Gasteiger partial charge is 0.493 e. The highest BCUT2D eigenvalue weighted by molar-refractivity contribution is 5.97. The van der Waals surface area contributed by atoms with Crippen molar-refractivity contribution in [3.05, 3.63) is 59.2 Å². The van der Waals surface area contributed by atoms with Crippen molar-refractivity contribution in [1.82, 2.24) is 10.6 Å². The van der Waals surface area contributed by atoms with Gasteiger partial charge in [-0.1, -0.05) is 24.3 Å². The number of hydrogen-bond donors (Lipinski definition) is 2. The maximum absolute atomic E-state index is 12.2. The fraction of sp³-hybridized carbons (Fsp3) is 0.263. The third kappa shape index (κ3) is 4.97. The minimum Gasteiger partial charge on any atom is -0.493 e. The van der Waals surface area contributed by atoms with Crippen LogP contribution in [-0.2, 0) is 11.3 Å². The van der Waals surface area contributed by atoms with Crippen LogP contribution < -0.4 is 20.1 Å². The normalized spacial score (nSPS) is 10.0. The van der Waals surface area contributed by atoms with E-state index in [4.69, 9.17) is 9.47 Å². The summed E-state index contributed by atoms with van der Waals surface area (Å²) in [5, 5.41) is 5.38. The maximum atomic E-state index is 12.2. The molecule has 0 aliphatic rings. The molecule has 0 atom stereocenters. The number of amides is 2. The highest BCUT2D eigenvalue weighted by Gasteiger charge is 2.12. The van der Waals surface area contributed by atoms with E-state index in [1.54, 1.807) is 18.2 Å². The number of carbonyl (C=O) groups excluding carboxylic acids is 2. The number of hydrogen-bond acceptors (Lipinski definition) is 4. The van der Waals surface area contributed by atoms with Gasteiger partial charge in [-0.15, -0.1) is 0 Å². The molecule has 0 saturated carbocycles. The lowest BCUT2D eigenvalue weighted by Crippen LogP contribution is -2.36. The van der Waals surface area contributed by atoms with E-state index in [9.17, 15) is 9.59 Å². The molecule has 0 bridgehead atoms. The van der Waals surface area contributed by atoms with E-state index in [0.717, 1.165) is 11.1 Å². The molecule has 0 spiro atoms. The van der Waals surface area contributed by atoms with Crippen molar-refractivity contribution in [2.24, 2.45) is 0 Å². The first-order valence-corrected chi connectivity index (χ1v) is 7.86. The number of benzene rings is 2. The first-order valence-electron chi connectivity index (χ1n) is 7.86. The van der Waals surface area contributed by atoms with Crippen molar-refractivity contribution in [1.29, 1.82) is 0 Å². The third-order valence-corrected chi connectivity index (χ3v) is 3.79. The van der Waals surface area contributed by atoms with Gasteiger partial charge >= 0.3 is 0 Å². The summed E-state index contributed by atoms with van der Waals surface area (Å²) >= 11 is 0. The van der Waals surface area contributed by atoms with E-state index in [1.165, 1.54) is 14.2 Å². The summed E-state index contributed by atoms with van der Waals surface area (Å²) in [7, 11) is 3.02. The third-order valence-electron chi connectivity index (χ3n) is 3.79. The molecule has 2 rings (SSSR count). The first-order chi connectivity index (χ1) is 12.0. The minimum atomic E-state index is -0.355. The van der Waals surface area contributed by atoms with E-state index >= 15 is 0 Å². The van der Waals surface area contributed by atoms with Crippen LogP contribution in [0.4, 0.5) is 0 Å². The van der Waals surface area contributed by atoms with Gasteiger partial charge in [-0.25, -0.2) is 0 Å². The van der Waals surface area contributed by atoms with Gasteiger partial charge in [-0.05, 0) is 36.2 Å². The number of rotatable bonds is 7. The molecule has 0 aliphatic heterocycles. The standard InChI is InChI=1S/C19H22N2O4/c1-13-6-4-5-7-15(13)11-20-18(22)12-21-19(23)14-8-9-16(24-2)17(10-14)25-3/h4-10H,11-12H2,1-3H3,(H,20,22)(H,21,23). The van der Waals surface area contributed by atoms with Crippen molar-refractivity contribution < 1.29 is 19.1 Å². The monoisotopic (exact) mass is 342 g/mol. The van der Waals surface area contributed by atoms with Crippen LogP contribution in [-0.4, -0.2) is 32.6 Å². The molecular weight excluding hydrogens is 320 g/mol. The molecule has 6 heteroatoms. The second-order valence-electron chi connectivity index (χ2n) is 5.46. The molecule has 0 aliphatic carbocycles. The lowest BCUT2D eigenvalue weighted by atomic mass is 10.1. The quantitative estimate of drug-likeness (QED) is 0.807. The Balaban J connectivity index is 1.87. The molecule has 2 amide bonds. The number of ether oxygens (including phenoxy) is 2. The van der Waals surface area contributed by atoms with Gasteiger partial charge in [-0.3, -0.25) is 9.59 Å². The van der Waals surface area contributed by atoms with Gasteiger partial charge in [0.05, 0.1) is 20.8 Å². The summed E-state index contributed by atoms with van der Waals surface area (Å²) in [5.41, 5.74) is 2.54. The Hall–Kier alpha value is -3.02. The van der Waals surface area contributed by atoms with Crippen LogP contribution in [0, 0.1) is 6.92 Å². The summed E-state index contributed by atoms with van der Waals surface area (Å²) in [5.74, 6) is 0.387.